The maximum absolute atomic E-state index is 13.6. The van der Waals surface area contributed by atoms with Crippen LogP contribution in [0.2, 0.25) is 0 Å². The second kappa shape index (κ2) is 8.47. The zero-order chi connectivity index (χ0) is 21.3. The summed E-state index contributed by atoms with van der Waals surface area (Å²) >= 11 is 0. The minimum Gasteiger partial charge on any atom is -0.336 e. The van der Waals surface area contributed by atoms with Gasteiger partial charge in [0, 0.05) is 18.8 Å². The minimum atomic E-state index is -0.152. The lowest BCUT2D eigenvalue weighted by Gasteiger charge is -2.32. The molecule has 2 aliphatic heterocycles. The highest BCUT2D eigenvalue weighted by Gasteiger charge is 2.42. The number of anilines is 1. The summed E-state index contributed by atoms with van der Waals surface area (Å²) in [5.74, 6) is -0.302. The molecule has 0 spiro atoms. The smallest absolute Gasteiger partial charge is 0.278 e. The van der Waals surface area contributed by atoms with Gasteiger partial charge in [-0.05, 0) is 55.9 Å². The molecule has 2 amide bonds. The number of carbonyl (C=O) groups excluding carboxylic acids is 2. The van der Waals surface area contributed by atoms with Gasteiger partial charge >= 0.3 is 0 Å². The molecule has 156 valence electrons. The first-order valence-corrected chi connectivity index (χ1v) is 11.1. The highest BCUT2D eigenvalue weighted by molar-refractivity contribution is 6.37. The third-order valence-electron chi connectivity index (χ3n) is 6.16. The van der Waals surface area contributed by atoms with Crippen molar-refractivity contribution in [3.05, 3.63) is 70.4 Å². The fraction of sp³-hybridized carbons (Fsp3) is 0.385. The fourth-order valence-electron chi connectivity index (χ4n) is 4.64. The van der Waals surface area contributed by atoms with E-state index in [1.807, 2.05) is 38.1 Å². The molecule has 0 unspecified atom stereocenters. The van der Waals surface area contributed by atoms with Crippen molar-refractivity contribution in [1.82, 2.24) is 4.90 Å². The van der Waals surface area contributed by atoms with E-state index in [-0.39, 0.29) is 11.8 Å². The molecule has 0 saturated carbocycles. The topological polar surface area (TPSA) is 40.6 Å². The summed E-state index contributed by atoms with van der Waals surface area (Å²) in [6, 6.07) is 14.3. The number of para-hydroxylation sites is 1. The number of unbranched alkanes of at least 4 members (excludes halogenated alkanes) is 2. The molecule has 4 heteroatoms. The van der Waals surface area contributed by atoms with Crippen LogP contribution >= 0.6 is 0 Å². The van der Waals surface area contributed by atoms with Crippen LogP contribution < -0.4 is 4.90 Å². The molecule has 0 bridgehead atoms. The van der Waals surface area contributed by atoms with Crippen LogP contribution in [-0.2, 0) is 16.0 Å². The van der Waals surface area contributed by atoms with E-state index in [0.29, 0.717) is 17.8 Å². The molecule has 0 N–H and O–H groups in total. The standard InChI is InChI=1S/C26H30N2O2/c1-4-5-8-15-28-25(29)23(21-14-13-18(2)17-19(21)3)24(26(28)30)27-16-9-11-20-10-6-7-12-22(20)27/h6-7,10,12-14,17H,4-5,8-9,11,15-16H2,1-3H3. The summed E-state index contributed by atoms with van der Waals surface area (Å²) in [5, 5.41) is 0. The number of imide groups is 1. The van der Waals surface area contributed by atoms with Gasteiger partial charge in [0.25, 0.3) is 11.8 Å². The largest absolute Gasteiger partial charge is 0.336 e. The lowest BCUT2D eigenvalue weighted by Crippen LogP contribution is -2.37. The van der Waals surface area contributed by atoms with Crippen molar-refractivity contribution in [2.45, 2.75) is 52.9 Å². The summed E-state index contributed by atoms with van der Waals surface area (Å²) < 4.78 is 0. The first kappa shape index (κ1) is 20.4. The van der Waals surface area contributed by atoms with Crippen LogP contribution in [0.4, 0.5) is 5.69 Å². The molecule has 2 heterocycles. The molecule has 2 aliphatic rings. The lowest BCUT2D eigenvalue weighted by molar-refractivity contribution is -0.137. The molecule has 4 rings (SSSR count). The Morgan fingerprint density at radius 3 is 2.53 bits per heavy atom. The zero-order valence-corrected chi connectivity index (χ0v) is 18.2. The predicted octanol–water partition coefficient (Wildman–Crippen LogP) is 5.03. The van der Waals surface area contributed by atoms with Crippen molar-refractivity contribution in [3.63, 3.8) is 0 Å². The van der Waals surface area contributed by atoms with Gasteiger partial charge in [0.15, 0.2) is 0 Å². The van der Waals surface area contributed by atoms with Gasteiger partial charge in [0.05, 0.1) is 5.57 Å². The van der Waals surface area contributed by atoms with Crippen LogP contribution in [0.15, 0.2) is 48.2 Å². The molecule has 4 nitrogen and oxygen atoms in total. The van der Waals surface area contributed by atoms with Crippen LogP contribution in [0.1, 0.15) is 54.9 Å². The number of amides is 2. The van der Waals surface area contributed by atoms with Gasteiger partial charge < -0.3 is 4.90 Å². The summed E-state index contributed by atoms with van der Waals surface area (Å²) in [6.45, 7) is 7.44. The molecule has 0 radical (unpaired) electrons. The Labute approximate surface area is 179 Å². The van der Waals surface area contributed by atoms with Crippen molar-refractivity contribution in [3.8, 4) is 0 Å². The van der Waals surface area contributed by atoms with Crippen molar-refractivity contribution in [2.75, 3.05) is 18.0 Å². The number of benzene rings is 2. The van der Waals surface area contributed by atoms with Gasteiger partial charge in [0.1, 0.15) is 5.70 Å². The second-order valence-electron chi connectivity index (χ2n) is 8.39. The van der Waals surface area contributed by atoms with E-state index >= 15 is 0 Å². The predicted molar refractivity (Wildman–Crippen MR) is 121 cm³/mol. The first-order chi connectivity index (χ1) is 14.5. The van der Waals surface area contributed by atoms with E-state index in [1.54, 1.807) is 0 Å². The van der Waals surface area contributed by atoms with Gasteiger partial charge in [-0.15, -0.1) is 0 Å². The third-order valence-corrected chi connectivity index (χ3v) is 6.16. The van der Waals surface area contributed by atoms with Gasteiger partial charge in [-0.2, -0.15) is 0 Å². The lowest BCUT2D eigenvalue weighted by atomic mass is 9.95. The van der Waals surface area contributed by atoms with Crippen molar-refractivity contribution >= 4 is 23.1 Å². The van der Waals surface area contributed by atoms with Gasteiger partial charge in [-0.25, -0.2) is 0 Å². The average molecular weight is 403 g/mol. The number of fused-ring (bicyclic) bond motifs is 1. The summed E-state index contributed by atoms with van der Waals surface area (Å²) in [4.78, 5) is 30.7. The van der Waals surface area contributed by atoms with Gasteiger partial charge in [-0.3, -0.25) is 14.5 Å². The normalized spacial score (nSPS) is 16.5. The fourth-order valence-corrected chi connectivity index (χ4v) is 4.64. The van der Waals surface area contributed by atoms with Gasteiger partial charge in [-0.1, -0.05) is 61.7 Å². The summed E-state index contributed by atoms with van der Waals surface area (Å²) in [7, 11) is 0. The van der Waals surface area contributed by atoms with E-state index in [2.05, 4.69) is 30.0 Å². The Hall–Kier alpha value is -2.88. The van der Waals surface area contributed by atoms with E-state index in [1.165, 1.54) is 10.5 Å². The van der Waals surface area contributed by atoms with Crippen molar-refractivity contribution in [2.24, 2.45) is 0 Å². The number of hydrogen-bond donors (Lipinski definition) is 0. The summed E-state index contributed by atoms with van der Waals surface area (Å²) in [6.07, 6.45) is 4.88. The average Bonchev–Trinajstić information content (AvgIpc) is 2.98. The Balaban J connectivity index is 1.85. The molecular formula is C26H30N2O2. The minimum absolute atomic E-state index is 0.150. The maximum Gasteiger partial charge on any atom is 0.278 e. The molecular weight excluding hydrogens is 372 g/mol. The van der Waals surface area contributed by atoms with E-state index in [0.717, 1.165) is 61.0 Å². The van der Waals surface area contributed by atoms with Crippen LogP contribution in [-0.4, -0.2) is 29.8 Å². The van der Waals surface area contributed by atoms with Gasteiger partial charge in [0.2, 0.25) is 0 Å². The molecule has 0 atom stereocenters. The Morgan fingerprint density at radius 1 is 0.967 bits per heavy atom. The highest BCUT2D eigenvalue weighted by Crippen LogP contribution is 2.38. The molecule has 2 aromatic rings. The number of hydrogen-bond acceptors (Lipinski definition) is 3. The Bertz CT molecular complexity index is 1020. The highest BCUT2D eigenvalue weighted by atomic mass is 16.2. The second-order valence-corrected chi connectivity index (χ2v) is 8.39. The molecule has 0 aliphatic carbocycles. The quantitative estimate of drug-likeness (QED) is 0.503. The molecule has 0 aromatic heterocycles. The maximum atomic E-state index is 13.6. The van der Waals surface area contributed by atoms with Crippen molar-refractivity contribution < 1.29 is 9.59 Å². The third kappa shape index (κ3) is 3.55. The van der Waals surface area contributed by atoms with E-state index in [4.69, 9.17) is 0 Å². The van der Waals surface area contributed by atoms with Crippen LogP contribution in [0.5, 0.6) is 0 Å². The Kier molecular flexibility index (Phi) is 5.76. The number of carbonyl (C=O) groups is 2. The van der Waals surface area contributed by atoms with Crippen LogP contribution in [0.25, 0.3) is 5.57 Å². The molecule has 0 saturated heterocycles. The first-order valence-electron chi connectivity index (χ1n) is 11.1. The van der Waals surface area contributed by atoms with Crippen LogP contribution in [0, 0.1) is 13.8 Å². The molecule has 0 fully saturated rings. The number of rotatable bonds is 6. The number of aryl methyl sites for hydroxylation is 3. The number of nitrogens with zero attached hydrogens (tertiary/aromatic N) is 2. The zero-order valence-electron chi connectivity index (χ0n) is 18.2. The van der Waals surface area contributed by atoms with Crippen LogP contribution in [0.3, 0.4) is 0 Å². The van der Waals surface area contributed by atoms with E-state index < -0.39 is 0 Å². The molecule has 30 heavy (non-hydrogen) atoms. The van der Waals surface area contributed by atoms with Crippen molar-refractivity contribution in [1.29, 1.82) is 0 Å². The monoisotopic (exact) mass is 402 g/mol. The van der Waals surface area contributed by atoms with E-state index in [9.17, 15) is 9.59 Å². The SMILES string of the molecule is CCCCCN1C(=O)C(c2ccc(C)cc2C)=C(N2CCCc3ccccc32)C1=O. The Morgan fingerprint density at radius 2 is 1.77 bits per heavy atom. The summed E-state index contributed by atoms with van der Waals surface area (Å²) in [5.41, 5.74) is 6.46. The molecule has 2 aromatic carbocycles.